The molecule has 1 fully saturated rings. The number of benzene rings is 1. The summed E-state index contributed by atoms with van der Waals surface area (Å²) in [6.45, 7) is 1.96. The second-order valence-electron chi connectivity index (χ2n) is 6.46. The van der Waals surface area contributed by atoms with Crippen molar-refractivity contribution in [3.63, 3.8) is 0 Å². The third-order valence-electron chi connectivity index (χ3n) is 4.57. The molecule has 5 nitrogen and oxygen atoms in total. The number of hydrogen-bond donors (Lipinski definition) is 2. The molecule has 0 aliphatic heterocycles. The second kappa shape index (κ2) is 6.54. The van der Waals surface area contributed by atoms with Gasteiger partial charge < -0.3 is 15.0 Å². The SMILES string of the molecule is CC(NC(=O)CC1(O)CCCC1)c1cccc(-n2ccnc2)c1. The molecule has 0 bridgehead atoms. The van der Waals surface area contributed by atoms with E-state index in [-0.39, 0.29) is 18.4 Å². The van der Waals surface area contributed by atoms with Gasteiger partial charge in [-0.25, -0.2) is 4.98 Å². The molecular weight excluding hydrogens is 290 g/mol. The zero-order chi connectivity index (χ0) is 16.3. The Bertz CT molecular complexity index is 661. The first-order chi connectivity index (χ1) is 11.1. The van der Waals surface area contributed by atoms with E-state index in [9.17, 15) is 9.90 Å². The van der Waals surface area contributed by atoms with Gasteiger partial charge in [-0.05, 0) is 37.5 Å². The minimum Gasteiger partial charge on any atom is -0.389 e. The Morgan fingerprint density at radius 2 is 2.22 bits per heavy atom. The summed E-state index contributed by atoms with van der Waals surface area (Å²) in [4.78, 5) is 16.3. The fourth-order valence-electron chi connectivity index (χ4n) is 3.25. The van der Waals surface area contributed by atoms with Crippen LogP contribution in [0.25, 0.3) is 5.69 Å². The number of imidazole rings is 1. The number of aliphatic hydroxyl groups is 1. The van der Waals surface area contributed by atoms with Gasteiger partial charge in [-0.2, -0.15) is 0 Å². The Morgan fingerprint density at radius 1 is 1.43 bits per heavy atom. The van der Waals surface area contributed by atoms with Crippen LogP contribution in [0.5, 0.6) is 0 Å². The van der Waals surface area contributed by atoms with Crippen LogP contribution in [0.15, 0.2) is 43.0 Å². The molecule has 1 aromatic carbocycles. The highest BCUT2D eigenvalue weighted by Gasteiger charge is 2.33. The summed E-state index contributed by atoms with van der Waals surface area (Å²) in [7, 11) is 0. The summed E-state index contributed by atoms with van der Waals surface area (Å²) >= 11 is 0. The van der Waals surface area contributed by atoms with Crippen molar-refractivity contribution < 1.29 is 9.90 Å². The predicted octanol–water partition coefficient (Wildman–Crippen LogP) is 2.74. The molecule has 0 radical (unpaired) electrons. The fourth-order valence-corrected chi connectivity index (χ4v) is 3.25. The van der Waals surface area contributed by atoms with Gasteiger partial charge in [0.25, 0.3) is 0 Å². The van der Waals surface area contributed by atoms with E-state index >= 15 is 0 Å². The maximum Gasteiger partial charge on any atom is 0.223 e. The number of hydrogen-bond acceptors (Lipinski definition) is 3. The Labute approximate surface area is 136 Å². The monoisotopic (exact) mass is 313 g/mol. The summed E-state index contributed by atoms with van der Waals surface area (Å²) in [5.41, 5.74) is 1.24. The number of carbonyl (C=O) groups is 1. The average Bonchev–Trinajstić information content (AvgIpc) is 3.19. The van der Waals surface area contributed by atoms with Crippen LogP contribution in [0.1, 0.15) is 50.6 Å². The molecule has 0 spiro atoms. The molecule has 23 heavy (non-hydrogen) atoms. The van der Waals surface area contributed by atoms with Crippen LogP contribution in [-0.2, 0) is 4.79 Å². The topological polar surface area (TPSA) is 67.2 Å². The number of rotatable bonds is 5. The van der Waals surface area contributed by atoms with E-state index in [0.717, 1.165) is 36.9 Å². The summed E-state index contributed by atoms with van der Waals surface area (Å²) in [5, 5.41) is 13.3. The van der Waals surface area contributed by atoms with Crippen LogP contribution in [0.3, 0.4) is 0 Å². The molecule has 1 atom stereocenters. The van der Waals surface area contributed by atoms with Gasteiger partial charge in [-0.3, -0.25) is 4.79 Å². The Morgan fingerprint density at radius 3 is 2.91 bits per heavy atom. The van der Waals surface area contributed by atoms with Crippen LogP contribution >= 0.6 is 0 Å². The highest BCUT2D eigenvalue weighted by Crippen LogP contribution is 2.32. The zero-order valence-corrected chi connectivity index (χ0v) is 13.4. The zero-order valence-electron chi connectivity index (χ0n) is 13.4. The molecular formula is C18H23N3O2. The summed E-state index contributed by atoms with van der Waals surface area (Å²) in [6.07, 6.45) is 9.03. The molecule has 1 amide bonds. The van der Waals surface area contributed by atoms with Gasteiger partial charge in [-0.15, -0.1) is 0 Å². The third-order valence-corrected chi connectivity index (χ3v) is 4.57. The Kier molecular flexibility index (Phi) is 4.48. The largest absolute Gasteiger partial charge is 0.389 e. The maximum absolute atomic E-state index is 12.2. The number of carbonyl (C=O) groups excluding carboxylic acids is 1. The van der Waals surface area contributed by atoms with Gasteiger partial charge in [0, 0.05) is 18.1 Å². The number of nitrogens with zero attached hydrogens (tertiary/aromatic N) is 2. The van der Waals surface area contributed by atoms with E-state index in [1.807, 2.05) is 42.0 Å². The predicted molar refractivity (Wildman–Crippen MR) is 88.2 cm³/mol. The molecule has 0 saturated heterocycles. The van der Waals surface area contributed by atoms with E-state index in [0.29, 0.717) is 0 Å². The normalized spacial score (nSPS) is 17.8. The molecule has 2 N–H and O–H groups in total. The molecule has 1 aliphatic carbocycles. The van der Waals surface area contributed by atoms with Gasteiger partial charge in [0.1, 0.15) is 0 Å². The number of aromatic nitrogens is 2. The molecule has 1 unspecified atom stereocenters. The molecule has 3 rings (SSSR count). The molecule has 2 aromatic rings. The number of amides is 1. The van der Waals surface area contributed by atoms with Crippen LogP contribution in [0.4, 0.5) is 0 Å². The summed E-state index contributed by atoms with van der Waals surface area (Å²) in [5.74, 6) is -0.0880. The molecule has 1 aromatic heterocycles. The van der Waals surface area contributed by atoms with Crippen molar-refractivity contribution >= 4 is 5.91 Å². The highest BCUT2D eigenvalue weighted by molar-refractivity contribution is 5.77. The molecule has 122 valence electrons. The summed E-state index contributed by atoms with van der Waals surface area (Å²) in [6, 6.07) is 7.90. The van der Waals surface area contributed by atoms with Gasteiger partial charge in [0.05, 0.1) is 24.4 Å². The average molecular weight is 313 g/mol. The van der Waals surface area contributed by atoms with Crippen molar-refractivity contribution in [1.29, 1.82) is 0 Å². The summed E-state index contributed by atoms with van der Waals surface area (Å²) < 4.78 is 1.93. The van der Waals surface area contributed by atoms with Crippen molar-refractivity contribution in [3.05, 3.63) is 48.5 Å². The van der Waals surface area contributed by atoms with Crippen LogP contribution in [0.2, 0.25) is 0 Å². The first kappa shape index (κ1) is 15.7. The standard InChI is InChI=1S/C18H23N3O2/c1-14(20-17(22)12-18(23)7-2-3-8-18)15-5-4-6-16(11-15)21-10-9-19-13-21/h4-6,9-11,13-14,23H,2-3,7-8,12H2,1H3,(H,20,22). The first-order valence-corrected chi connectivity index (χ1v) is 8.16. The minimum absolute atomic E-state index is 0.0880. The van der Waals surface area contributed by atoms with Gasteiger partial charge in [0.2, 0.25) is 5.91 Å². The highest BCUT2D eigenvalue weighted by atomic mass is 16.3. The molecule has 1 heterocycles. The Balaban J connectivity index is 1.65. The van der Waals surface area contributed by atoms with Crippen LogP contribution < -0.4 is 5.32 Å². The van der Waals surface area contributed by atoms with E-state index in [2.05, 4.69) is 10.3 Å². The maximum atomic E-state index is 12.2. The van der Waals surface area contributed by atoms with E-state index in [4.69, 9.17) is 0 Å². The van der Waals surface area contributed by atoms with Crippen LogP contribution in [0, 0.1) is 0 Å². The van der Waals surface area contributed by atoms with Crippen LogP contribution in [-0.4, -0.2) is 26.2 Å². The van der Waals surface area contributed by atoms with Gasteiger partial charge in [0.15, 0.2) is 0 Å². The van der Waals surface area contributed by atoms with Crippen molar-refractivity contribution in [1.82, 2.24) is 14.9 Å². The lowest BCUT2D eigenvalue weighted by molar-refractivity contribution is -0.126. The van der Waals surface area contributed by atoms with Crippen molar-refractivity contribution in [2.75, 3.05) is 0 Å². The van der Waals surface area contributed by atoms with Crippen molar-refractivity contribution in [3.8, 4) is 5.69 Å². The minimum atomic E-state index is -0.803. The smallest absolute Gasteiger partial charge is 0.223 e. The van der Waals surface area contributed by atoms with E-state index in [1.165, 1.54) is 0 Å². The Hall–Kier alpha value is -2.14. The first-order valence-electron chi connectivity index (χ1n) is 8.16. The lowest BCUT2D eigenvalue weighted by atomic mass is 9.97. The van der Waals surface area contributed by atoms with Gasteiger partial charge in [-0.1, -0.05) is 25.0 Å². The third kappa shape index (κ3) is 3.79. The number of nitrogens with one attached hydrogen (secondary N) is 1. The van der Waals surface area contributed by atoms with E-state index < -0.39 is 5.60 Å². The van der Waals surface area contributed by atoms with Gasteiger partial charge >= 0.3 is 0 Å². The quantitative estimate of drug-likeness (QED) is 0.892. The molecule has 1 aliphatic rings. The second-order valence-corrected chi connectivity index (χ2v) is 6.46. The molecule has 1 saturated carbocycles. The van der Waals surface area contributed by atoms with Crippen molar-refractivity contribution in [2.24, 2.45) is 0 Å². The molecule has 5 heteroatoms. The lowest BCUT2D eigenvalue weighted by Crippen LogP contribution is -2.35. The lowest BCUT2D eigenvalue weighted by Gasteiger charge is -2.23. The van der Waals surface area contributed by atoms with E-state index in [1.54, 1.807) is 12.5 Å². The fraction of sp³-hybridized carbons (Fsp3) is 0.444. The van der Waals surface area contributed by atoms with Crippen molar-refractivity contribution in [2.45, 2.75) is 50.7 Å².